The Morgan fingerprint density at radius 1 is 0.447 bits per heavy atom. The molecule has 0 unspecified atom stereocenters. The maximum atomic E-state index is 3.67. The van der Waals surface area contributed by atoms with Crippen LogP contribution in [0.4, 0.5) is 0 Å². The fraction of sp³-hybridized carbons (Fsp3) is 0.647. The van der Waals surface area contributed by atoms with E-state index in [0.29, 0.717) is 0 Å². The lowest BCUT2D eigenvalue weighted by molar-refractivity contribution is 0.565. The maximum absolute atomic E-state index is 3.67. The molecular weight excluding hydrogens is 501 g/mol. The van der Waals surface area contributed by atoms with Gasteiger partial charge in [-0.15, -0.1) is 0 Å². The summed E-state index contributed by atoms with van der Waals surface area (Å²) in [7, 11) is 3.95. The average Bonchev–Trinajstić information content (AvgIpc) is 2.77. The first-order chi connectivity index (χ1) is 17.4. The molecule has 0 atom stereocenters. The zero-order valence-corrected chi connectivity index (χ0v) is 28.2. The van der Waals surface area contributed by atoms with Crippen LogP contribution >= 0.6 is 21.6 Å². The summed E-state index contributed by atoms with van der Waals surface area (Å²) in [6, 6.07) is 14.3. The van der Waals surface area contributed by atoms with E-state index < -0.39 is 0 Å². The topological polar surface area (TPSA) is 24.1 Å². The van der Waals surface area contributed by atoms with Crippen molar-refractivity contribution in [2.45, 2.75) is 118 Å². The van der Waals surface area contributed by atoms with Gasteiger partial charge in [-0.2, -0.15) is 0 Å². The molecule has 214 valence electrons. The van der Waals surface area contributed by atoms with Gasteiger partial charge in [-0.1, -0.05) is 141 Å². The maximum Gasteiger partial charge on any atom is 0.0206 e. The summed E-state index contributed by atoms with van der Waals surface area (Å²) in [6.07, 6.45) is 0. The fourth-order valence-corrected chi connectivity index (χ4v) is 6.03. The lowest BCUT2D eigenvalue weighted by atomic mass is 9.79. The molecule has 4 heteroatoms. The molecule has 0 saturated carbocycles. The molecule has 2 nitrogen and oxygen atoms in total. The lowest BCUT2D eigenvalue weighted by Gasteiger charge is -2.26. The second-order valence-electron chi connectivity index (χ2n) is 14.8. The molecule has 0 heterocycles. The van der Waals surface area contributed by atoms with Crippen LogP contribution in [0.5, 0.6) is 0 Å². The predicted molar refractivity (Wildman–Crippen MR) is 176 cm³/mol. The quantitative estimate of drug-likeness (QED) is 0.213. The molecule has 2 N–H and O–H groups in total. The van der Waals surface area contributed by atoms with Crippen LogP contribution in [0.3, 0.4) is 0 Å². The van der Waals surface area contributed by atoms with E-state index in [-0.39, 0.29) is 21.7 Å². The normalized spacial score (nSPS) is 13.3. The third-order valence-electron chi connectivity index (χ3n) is 6.92. The van der Waals surface area contributed by atoms with Crippen LogP contribution in [0.15, 0.2) is 36.4 Å². The van der Waals surface area contributed by atoms with E-state index >= 15 is 0 Å². The molecule has 0 aliphatic heterocycles. The highest BCUT2D eigenvalue weighted by atomic mass is 33.1. The Bertz CT molecular complexity index is 867. The van der Waals surface area contributed by atoms with E-state index in [1.807, 2.05) is 21.6 Å². The van der Waals surface area contributed by atoms with E-state index in [4.69, 9.17) is 0 Å². The van der Waals surface area contributed by atoms with Crippen LogP contribution in [-0.4, -0.2) is 24.6 Å². The van der Waals surface area contributed by atoms with Crippen molar-refractivity contribution in [3.8, 4) is 0 Å². The molecular formula is C34H56N2S2. The number of nitrogens with one attached hydrogen (secondary N) is 2. The first-order valence-corrected chi connectivity index (χ1v) is 16.8. The van der Waals surface area contributed by atoms with Gasteiger partial charge in [0, 0.05) is 37.7 Å². The summed E-state index contributed by atoms with van der Waals surface area (Å²) in [4.78, 5) is 0. The number of benzene rings is 2. The minimum atomic E-state index is 0.167. The first kappa shape index (κ1) is 33.3. The van der Waals surface area contributed by atoms with Gasteiger partial charge in [0.1, 0.15) is 0 Å². The largest absolute Gasteiger partial charge is 0.312 e. The van der Waals surface area contributed by atoms with Crippen LogP contribution < -0.4 is 10.6 Å². The molecule has 0 fully saturated rings. The van der Waals surface area contributed by atoms with Crippen molar-refractivity contribution in [1.82, 2.24) is 10.6 Å². The van der Waals surface area contributed by atoms with Gasteiger partial charge in [-0.3, -0.25) is 0 Å². The zero-order chi connectivity index (χ0) is 28.8. The molecule has 0 bridgehead atoms. The fourth-order valence-electron chi connectivity index (χ4n) is 4.13. The standard InChI is InChI=1S/C34H56N2S2/c1-31(2,3)27-17-25(18-28(21-27)32(4,5)6)23-35-13-15-37-38-16-14-36-24-26-19-29(33(7,8)9)22-30(20-26)34(10,11)12/h17-22,35-36H,13-16,23-24H2,1-12H3. The molecule has 0 saturated heterocycles. The Balaban J connectivity index is 1.73. The van der Waals surface area contributed by atoms with Crippen molar-refractivity contribution in [3.05, 3.63) is 69.8 Å². The highest BCUT2D eigenvalue weighted by molar-refractivity contribution is 8.76. The van der Waals surface area contributed by atoms with Crippen LogP contribution in [0.2, 0.25) is 0 Å². The summed E-state index contributed by atoms with van der Waals surface area (Å²) in [5, 5.41) is 7.34. The Morgan fingerprint density at radius 2 is 0.711 bits per heavy atom. The highest BCUT2D eigenvalue weighted by Gasteiger charge is 2.21. The summed E-state index contributed by atoms with van der Waals surface area (Å²) in [5.74, 6) is 2.25. The Hall–Kier alpha value is -0.940. The van der Waals surface area contributed by atoms with Gasteiger partial charge in [-0.25, -0.2) is 0 Å². The SMILES string of the molecule is CC(C)(C)c1cc(CNCCSSCCNCc2cc(C(C)(C)C)cc(C(C)(C)C)c2)cc(C(C)(C)C)c1. The van der Waals surface area contributed by atoms with Crippen molar-refractivity contribution in [2.24, 2.45) is 0 Å². The average molecular weight is 557 g/mol. The van der Waals surface area contributed by atoms with Crippen LogP contribution in [0.25, 0.3) is 0 Å². The van der Waals surface area contributed by atoms with Crippen LogP contribution in [-0.2, 0) is 34.7 Å². The minimum Gasteiger partial charge on any atom is -0.312 e. The Morgan fingerprint density at radius 3 is 0.947 bits per heavy atom. The van der Waals surface area contributed by atoms with E-state index in [0.717, 1.165) is 37.7 Å². The molecule has 0 aliphatic carbocycles. The smallest absolute Gasteiger partial charge is 0.0206 e. The number of rotatable bonds is 11. The third-order valence-corrected chi connectivity index (χ3v) is 9.32. The van der Waals surface area contributed by atoms with Crippen molar-refractivity contribution in [2.75, 3.05) is 24.6 Å². The van der Waals surface area contributed by atoms with E-state index in [2.05, 4.69) is 130 Å². The van der Waals surface area contributed by atoms with Gasteiger partial charge in [0.05, 0.1) is 0 Å². The van der Waals surface area contributed by atoms with E-state index in [1.165, 1.54) is 33.4 Å². The first-order valence-electron chi connectivity index (χ1n) is 14.3. The van der Waals surface area contributed by atoms with Crippen LogP contribution in [0, 0.1) is 0 Å². The summed E-state index contributed by atoms with van der Waals surface area (Å²) >= 11 is 0. The van der Waals surface area contributed by atoms with Gasteiger partial charge in [-0.05, 0) is 55.0 Å². The minimum absolute atomic E-state index is 0.167. The van der Waals surface area contributed by atoms with E-state index in [9.17, 15) is 0 Å². The second-order valence-corrected chi connectivity index (χ2v) is 17.5. The molecule has 38 heavy (non-hydrogen) atoms. The van der Waals surface area contributed by atoms with Crippen molar-refractivity contribution < 1.29 is 0 Å². The van der Waals surface area contributed by atoms with Crippen molar-refractivity contribution >= 4 is 21.6 Å². The molecule has 0 radical (unpaired) electrons. The highest BCUT2D eigenvalue weighted by Crippen LogP contribution is 2.31. The van der Waals surface area contributed by atoms with Gasteiger partial charge in [0.15, 0.2) is 0 Å². The van der Waals surface area contributed by atoms with Gasteiger partial charge in [0.25, 0.3) is 0 Å². The predicted octanol–water partition coefficient (Wildman–Crippen LogP) is 9.14. The summed E-state index contributed by atoms with van der Waals surface area (Å²) in [5.41, 5.74) is 9.18. The van der Waals surface area contributed by atoms with Crippen molar-refractivity contribution in [1.29, 1.82) is 0 Å². The third kappa shape index (κ3) is 11.3. The molecule has 2 aromatic rings. The van der Waals surface area contributed by atoms with E-state index in [1.54, 1.807) is 0 Å². The Kier molecular flexibility index (Phi) is 11.9. The molecule has 0 spiro atoms. The Labute approximate surface area is 243 Å². The zero-order valence-electron chi connectivity index (χ0n) is 26.5. The molecule has 2 rings (SSSR count). The van der Waals surface area contributed by atoms with Gasteiger partial charge in [0.2, 0.25) is 0 Å². The summed E-state index contributed by atoms with van der Waals surface area (Å²) in [6.45, 7) is 31.6. The van der Waals surface area contributed by atoms with Gasteiger partial charge < -0.3 is 10.6 Å². The monoisotopic (exact) mass is 556 g/mol. The summed E-state index contributed by atoms with van der Waals surface area (Å²) < 4.78 is 0. The lowest BCUT2D eigenvalue weighted by Crippen LogP contribution is -2.21. The number of hydrogen-bond acceptors (Lipinski definition) is 4. The molecule has 0 aromatic heterocycles. The molecule has 0 amide bonds. The van der Waals surface area contributed by atoms with Crippen molar-refractivity contribution in [3.63, 3.8) is 0 Å². The number of hydrogen-bond donors (Lipinski definition) is 2. The molecule has 0 aliphatic rings. The molecule has 2 aromatic carbocycles. The second kappa shape index (κ2) is 13.6. The van der Waals surface area contributed by atoms with Gasteiger partial charge >= 0.3 is 0 Å². The van der Waals surface area contributed by atoms with Crippen LogP contribution in [0.1, 0.15) is 116 Å².